The fraction of sp³-hybridized carbons (Fsp3) is 0.786. The lowest BCUT2D eigenvalue weighted by Crippen LogP contribution is -2.30. The van der Waals surface area contributed by atoms with Crippen LogP contribution < -0.4 is 10.6 Å². The highest BCUT2D eigenvalue weighted by Gasteiger charge is 2.16. The maximum Gasteiger partial charge on any atom is 0.220 e. The average molecular weight is 273 g/mol. The van der Waals surface area contributed by atoms with Crippen molar-refractivity contribution in [2.24, 2.45) is 5.92 Å². The van der Waals surface area contributed by atoms with Gasteiger partial charge in [-0.3, -0.25) is 4.79 Å². The molecule has 0 aromatic heterocycles. The summed E-state index contributed by atoms with van der Waals surface area (Å²) in [4.78, 5) is 11.8. The van der Waals surface area contributed by atoms with Crippen LogP contribution in [0.1, 0.15) is 44.9 Å². The van der Waals surface area contributed by atoms with Gasteiger partial charge in [0.15, 0.2) is 0 Å². The molecule has 4 heteroatoms. The lowest BCUT2D eigenvalue weighted by molar-refractivity contribution is -0.122. The van der Waals surface area contributed by atoms with E-state index in [1.165, 1.54) is 37.7 Å². The van der Waals surface area contributed by atoms with Gasteiger partial charge in [0, 0.05) is 19.5 Å². The summed E-state index contributed by atoms with van der Waals surface area (Å²) in [6, 6.07) is 0. The molecule has 0 unspecified atom stereocenters. The van der Waals surface area contributed by atoms with E-state index in [4.69, 9.17) is 0 Å². The van der Waals surface area contributed by atoms with E-state index in [-0.39, 0.29) is 18.3 Å². The van der Waals surface area contributed by atoms with Crippen LogP contribution in [-0.2, 0) is 4.79 Å². The van der Waals surface area contributed by atoms with E-state index in [0.717, 1.165) is 32.5 Å². The summed E-state index contributed by atoms with van der Waals surface area (Å²) in [6.45, 7) is 2.76. The second-order valence-electron chi connectivity index (χ2n) is 5.30. The highest BCUT2D eigenvalue weighted by molar-refractivity contribution is 5.85. The van der Waals surface area contributed by atoms with Gasteiger partial charge in [0.1, 0.15) is 0 Å². The zero-order valence-electron chi connectivity index (χ0n) is 11.0. The molecule has 0 spiro atoms. The van der Waals surface area contributed by atoms with Crippen LogP contribution in [0.15, 0.2) is 11.6 Å². The van der Waals surface area contributed by atoms with E-state index in [1.54, 1.807) is 0 Å². The van der Waals surface area contributed by atoms with Gasteiger partial charge in [-0.25, -0.2) is 0 Å². The third-order valence-corrected chi connectivity index (χ3v) is 3.87. The quantitative estimate of drug-likeness (QED) is 0.772. The topological polar surface area (TPSA) is 41.1 Å². The smallest absolute Gasteiger partial charge is 0.220 e. The SMILES string of the molecule is Cl.O=C(CC1CCCCC1)NCC1=CCNCC1. The maximum atomic E-state index is 11.8. The zero-order chi connectivity index (χ0) is 11.9. The van der Waals surface area contributed by atoms with Crippen molar-refractivity contribution in [2.45, 2.75) is 44.9 Å². The number of carbonyl (C=O) groups excluding carboxylic acids is 1. The molecule has 1 amide bonds. The number of carbonyl (C=O) groups is 1. The number of halogens is 1. The van der Waals surface area contributed by atoms with Gasteiger partial charge in [-0.2, -0.15) is 0 Å². The van der Waals surface area contributed by atoms with Crippen LogP contribution in [0.25, 0.3) is 0 Å². The molecule has 18 heavy (non-hydrogen) atoms. The van der Waals surface area contributed by atoms with Crippen LogP contribution in [0, 0.1) is 5.92 Å². The summed E-state index contributed by atoms with van der Waals surface area (Å²) >= 11 is 0. The minimum absolute atomic E-state index is 0. The monoisotopic (exact) mass is 272 g/mol. The highest BCUT2D eigenvalue weighted by Crippen LogP contribution is 2.26. The third-order valence-electron chi connectivity index (χ3n) is 3.87. The van der Waals surface area contributed by atoms with Gasteiger partial charge < -0.3 is 10.6 Å². The van der Waals surface area contributed by atoms with E-state index >= 15 is 0 Å². The van der Waals surface area contributed by atoms with Crippen LogP contribution >= 0.6 is 12.4 Å². The summed E-state index contributed by atoms with van der Waals surface area (Å²) in [6.07, 6.45) is 10.5. The molecule has 1 aliphatic heterocycles. The fourth-order valence-electron chi connectivity index (χ4n) is 2.77. The van der Waals surface area contributed by atoms with E-state index in [2.05, 4.69) is 16.7 Å². The first-order valence-electron chi connectivity index (χ1n) is 7.00. The van der Waals surface area contributed by atoms with E-state index in [0.29, 0.717) is 5.92 Å². The van der Waals surface area contributed by atoms with Gasteiger partial charge >= 0.3 is 0 Å². The van der Waals surface area contributed by atoms with Crippen LogP contribution in [-0.4, -0.2) is 25.5 Å². The molecule has 104 valence electrons. The largest absolute Gasteiger partial charge is 0.352 e. The molecule has 1 heterocycles. The van der Waals surface area contributed by atoms with Crippen LogP contribution in [0.4, 0.5) is 0 Å². The van der Waals surface area contributed by atoms with E-state index in [1.807, 2.05) is 0 Å². The Morgan fingerprint density at radius 1 is 1.33 bits per heavy atom. The minimum Gasteiger partial charge on any atom is -0.352 e. The molecule has 2 N–H and O–H groups in total. The van der Waals surface area contributed by atoms with Crippen LogP contribution in [0.5, 0.6) is 0 Å². The lowest BCUT2D eigenvalue weighted by atomic mass is 9.87. The van der Waals surface area contributed by atoms with Gasteiger partial charge in [0.25, 0.3) is 0 Å². The predicted molar refractivity (Wildman–Crippen MR) is 77.0 cm³/mol. The molecule has 3 nitrogen and oxygen atoms in total. The number of hydrogen-bond acceptors (Lipinski definition) is 2. The number of amides is 1. The zero-order valence-corrected chi connectivity index (χ0v) is 11.9. The van der Waals surface area contributed by atoms with Gasteiger partial charge in [-0.05, 0) is 31.7 Å². The molecular weight excluding hydrogens is 248 g/mol. The minimum atomic E-state index is 0. The fourth-order valence-corrected chi connectivity index (χ4v) is 2.77. The summed E-state index contributed by atoms with van der Waals surface area (Å²) in [5, 5.41) is 6.34. The molecule has 1 fully saturated rings. The molecule has 0 radical (unpaired) electrons. The van der Waals surface area contributed by atoms with E-state index in [9.17, 15) is 4.79 Å². The van der Waals surface area contributed by atoms with Crippen LogP contribution in [0.3, 0.4) is 0 Å². The molecule has 0 bridgehead atoms. The van der Waals surface area contributed by atoms with Gasteiger partial charge in [-0.1, -0.05) is 30.9 Å². The first-order chi connectivity index (χ1) is 8.34. The molecule has 1 saturated carbocycles. The number of rotatable bonds is 4. The molecule has 0 atom stereocenters. The summed E-state index contributed by atoms with van der Waals surface area (Å²) in [7, 11) is 0. The van der Waals surface area contributed by atoms with Crippen molar-refractivity contribution in [2.75, 3.05) is 19.6 Å². The first kappa shape index (κ1) is 15.5. The Morgan fingerprint density at radius 3 is 2.78 bits per heavy atom. The summed E-state index contributed by atoms with van der Waals surface area (Å²) in [5.41, 5.74) is 1.38. The van der Waals surface area contributed by atoms with E-state index < -0.39 is 0 Å². The van der Waals surface area contributed by atoms with Crippen molar-refractivity contribution in [1.29, 1.82) is 0 Å². The lowest BCUT2D eigenvalue weighted by Gasteiger charge is -2.21. The summed E-state index contributed by atoms with van der Waals surface area (Å²) < 4.78 is 0. The number of hydrogen-bond donors (Lipinski definition) is 2. The van der Waals surface area contributed by atoms with Gasteiger partial charge in [-0.15, -0.1) is 12.4 Å². The second-order valence-corrected chi connectivity index (χ2v) is 5.30. The molecule has 0 aromatic rings. The van der Waals surface area contributed by atoms with Crippen molar-refractivity contribution >= 4 is 18.3 Å². The normalized spacial score (nSPS) is 20.8. The third kappa shape index (κ3) is 5.40. The molecule has 0 saturated heterocycles. The summed E-state index contributed by atoms with van der Waals surface area (Å²) in [5.74, 6) is 0.891. The van der Waals surface area contributed by atoms with Crippen molar-refractivity contribution in [3.63, 3.8) is 0 Å². The van der Waals surface area contributed by atoms with Gasteiger partial charge in [0.2, 0.25) is 5.91 Å². The van der Waals surface area contributed by atoms with Crippen molar-refractivity contribution in [1.82, 2.24) is 10.6 Å². The first-order valence-corrected chi connectivity index (χ1v) is 7.00. The maximum absolute atomic E-state index is 11.8. The standard InChI is InChI=1S/C14H24N2O.ClH/c17-14(10-12-4-2-1-3-5-12)16-11-13-6-8-15-9-7-13;/h6,12,15H,1-5,7-11H2,(H,16,17);1H. The predicted octanol–water partition coefficient (Wildman–Crippen LogP) is 2.41. The Hall–Kier alpha value is -0.540. The van der Waals surface area contributed by atoms with Crippen molar-refractivity contribution < 1.29 is 4.79 Å². The Bertz CT molecular complexity index is 286. The Kier molecular flexibility index (Phi) is 7.36. The highest BCUT2D eigenvalue weighted by atomic mass is 35.5. The van der Waals surface area contributed by atoms with Gasteiger partial charge in [0.05, 0.1) is 0 Å². The second kappa shape index (κ2) is 8.54. The Morgan fingerprint density at radius 2 is 2.11 bits per heavy atom. The molecule has 1 aliphatic carbocycles. The molecule has 0 aromatic carbocycles. The van der Waals surface area contributed by atoms with Crippen molar-refractivity contribution in [3.05, 3.63) is 11.6 Å². The molecule has 2 aliphatic rings. The number of nitrogens with one attached hydrogen (secondary N) is 2. The van der Waals surface area contributed by atoms with Crippen LogP contribution in [0.2, 0.25) is 0 Å². The Balaban J connectivity index is 0.00000162. The average Bonchev–Trinajstić information content (AvgIpc) is 2.39. The molecular formula is C14H25ClN2O. The molecule has 2 rings (SSSR count). The van der Waals surface area contributed by atoms with Crippen molar-refractivity contribution in [3.8, 4) is 0 Å². The Labute approximate surface area is 116 Å².